The Morgan fingerprint density at radius 3 is 2.85 bits per heavy atom. The van der Waals surface area contributed by atoms with Gasteiger partial charge in [0.2, 0.25) is 11.8 Å². The van der Waals surface area contributed by atoms with Gasteiger partial charge in [-0.05, 0) is 25.3 Å². The number of nitrogens with zero attached hydrogens (tertiary/aromatic N) is 3. The van der Waals surface area contributed by atoms with Crippen molar-refractivity contribution in [2.75, 3.05) is 39.9 Å². The van der Waals surface area contributed by atoms with Gasteiger partial charge >= 0.3 is 0 Å². The Kier molecular flexibility index (Phi) is 5.76. The minimum absolute atomic E-state index is 0.0299. The molecule has 0 N–H and O–H groups in total. The molecule has 0 bridgehead atoms. The third-order valence-corrected chi connectivity index (χ3v) is 5.53. The lowest BCUT2D eigenvalue weighted by atomic mass is 9.73. The van der Waals surface area contributed by atoms with Gasteiger partial charge in [0, 0.05) is 57.4 Å². The van der Waals surface area contributed by atoms with Crippen molar-refractivity contribution in [2.24, 2.45) is 5.41 Å². The monoisotopic (exact) mass is 361 g/mol. The molecule has 0 aromatic carbocycles. The standard InChI is InChI=1S/C19H27N3O4/c1-26-12-11-22-15-19(8-6-17(22)24)7-4-10-21(14-19)18(25)13-20-9-3-2-5-16(20)23/h2-3,5,9H,4,6-8,10-15H2,1H3/t19-/m0/s1. The second kappa shape index (κ2) is 8.03. The third-order valence-electron chi connectivity index (χ3n) is 5.53. The van der Waals surface area contributed by atoms with E-state index in [-0.39, 0.29) is 29.3 Å². The Bertz CT molecular complexity index is 717. The van der Waals surface area contributed by atoms with Gasteiger partial charge in [0.05, 0.1) is 6.61 Å². The van der Waals surface area contributed by atoms with Crippen molar-refractivity contribution < 1.29 is 14.3 Å². The fourth-order valence-corrected chi connectivity index (χ4v) is 4.10. The molecule has 1 atom stereocenters. The van der Waals surface area contributed by atoms with Crippen molar-refractivity contribution in [2.45, 2.75) is 32.2 Å². The Hall–Kier alpha value is -2.15. The van der Waals surface area contributed by atoms with Crippen LogP contribution in [0.15, 0.2) is 29.2 Å². The maximum absolute atomic E-state index is 12.7. The highest BCUT2D eigenvalue weighted by molar-refractivity contribution is 5.78. The molecule has 3 rings (SSSR count). The summed E-state index contributed by atoms with van der Waals surface area (Å²) in [5.74, 6) is 0.143. The number of pyridine rings is 1. The van der Waals surface area contributed by atoms with E-state index < -0.39 is 0 Å². The van der Waals surface area contributed by atoms with Crippen molar-refractivity contribution >= 4 is 11.8 Å². The highest BCUT2D eigenvalue weighted by Crippen LogP contribution is 2.38. The first-order valence-electron chi connectivity index (χ1n) is 9.23. The van der Waals surface area contributed by atoms with Gasteiger partial charge in [-0.3, -0.25) is 14.4 Å². The van der Waals surface area contributed by atoms with Crippen LogP contribution in [-0.2, 0) is 20.9 Å². The lowest BCUT2D eigenvalue weighted by molar-refractivity contribution is -0.143. The Balaban J connectivity index is 1.66. The first-order valence-corrected chi connectivity index (χ1v) is 9.23. The molecule has 2 saturated heterocycles. The number of aromatic nitrogens is 1. The van der Waals surface area contributed by atoms with Gasteiger partial charge in [-0.2, -0.15) is 0 Å². The first kappa shape index (κ1) is 18.6. The minimum atomic E-state index is -0.165. The second-order valence-corrected chi connectivity index (χ2v) is 7.39. The summed E-state index contributed by atoms with van der Waals surface area (Å²) < 4.78 is 6.56. The Labute approximate surface area is 153 Å². The molecule has 2 amide bonds. The van der Waals surface area contributed by atoms with Gasteiger partial charge < -0.3 is 19.1 Å². The average molecular weight is 361 g/mol. The summed E-state index contributed by atoms with van der Waals surface area (Å²) in [5.41, 5.74) is -0.196. The average Bonchev–Trinajstić information content (AvgIpc) is 2.65. The van der Waals surface area contributed by atoms with Crippen LogP contribution in [0.1, 0.15) is 25.7 Å². The van der Waals surface area contributed by atoms with Crippen molar-refractivity contribution in [1.82, 2.24) is 14.4 Å². The zero-order valence-electron chi connectivity index (χ0n) is 15.4. The number of amides is 2. The van der Waals surface area contributed by atoms with Crippen LogP contribution in [0.25, 0.3) is 0 Å². The fourth-order valence-electron chi connectivity index (χ4n) is 4.10. The van der Waals surface area contributed by atoms with E-state index in [9.17, 15) is 14.4 Å². The van der Waals surface area contributed by atoms with E-state index in [4.69, 9.17) is 4.74 Å². The van der Waals surface area contributed by atoms with Crippen LogP contribution in [0.4, 0.5) is 0 Å². The van der Waals surface area contributed by atoms with Gasteiger partial charge in [-0.1, -0.05) is 6.07 Å². The number of hydrogen-bond acceptors (Lipinski definition) is 4. The van der Waals surface area contributed by atoms with Gasteiger partial charge in [0.1, 0.15) is 6.54 Å². The number of ether oxygens (including phenoxy) is 1. The molecule has 0 unspecified atom stereocenters. The summed E-state index contributed by atoms with van der Waals surface area (Å²) >= 11 is 0. The molecule has 0 saturated carbocycles. The predicted molar refractivity (Wildman–Crippen MR) is 96.6 cm³/mol. The summed E-state index contributed by atoms with van der Waals surface area (Å²) in [7, 11) is 1.64. The van der Waals surface area contributed by atoms with Crippen LogP contribution in [0.3, 0.4) is 0 Å². The van der Waals surface area contributed by atoms with Crippen LogP contribution in [0, 0.1) is 5.41 Å². The number of rotatable bonds is 5. The van der Waals surface area contributed by atoms with E-state index in [1.54, 1.807) is 25.4 Å². The number of methoxy groups -OCH3 is 1. The van der Waals surface area contributed by atoms with Crippen molar-refractivity contribution in [3.8, 4) is 0 Å². The summed E-state index contributed by atoms with van der Waals surface area (Å²) in [5, 5.41) is 0. The quantitative estimate of drug-likeness (QED) is 0.775. The van der Waals surface area contributed by atoms with Gasteiger partial charge in [0.25, 0.3) is 5.56 Å². The number of carbonyl (C=O) groups is 2. The number of carbonyl (C=O) groups excluding carboxylic acids is 2. The molecule has 2 aliphatic heterocycles. The van der Waals surface area contributed by atoms with Crippen LogP contribution in [-0.4, -0.2) is 66.1 Å². The maximum Gasteiger partial charge on any atom is 0.250 e. The van der Waals surface area contributed by atoms with E-state index in [1.165, 1.54) is 10.6 Å². The molecule has 1 aromatic rings. The van der Waals surface area contributed by atoms with E-state index >= 15 is 0 Å². The smallest absolute Gasteiger partial charge is 0.250 e. The number of likely N-dealkylation sites (tertiary alicyclic amines) is 2. The molecular weight excluding hydrogens is 334 g/mol. The van der Waals surface area contributed by atoms with Crippen molar-refractivity contribution in [1.29, 1.82) is 0 Å². The summed E-state index contributed by atoms with van der Waals surface area (Å²) in [6.07, 6.45) is 4.96. The van der Waals surface area contributed by atoms with Crippen LogP contribution >= 0.6 is 0 Å². The lowest BCUT2D eigenvalue weighted by Crippen LogP contribution is -2.56. The minimum Gasteiger partial charge on any atom is -0.383 e. The molecule has 1 spiro atoms. The number of piperidine rings is 2. The molecule has 0 aliphatic carbocycles. The normalized spacial score (nSPS) is 23.5. The van der Waals surface area contributed by atoms with Gasteiger partial charge in [0.15, 0.2) is 0 Å². The Morgan fingerprint density at radius 2 is 2.08 bits per heavy atom. The van der Waals surface area contributed by atoms with Gasteiger partial charge in [-0.15, -0.1) is 0 Å². The molecule has 3 heterocycles. The Morgan fingerprint density at radius 1 is 1.23 bits per heavy atom. The summed E-state index contributed by atoms with van der Waals surface area (Å²) in [4.78, 5) is 40.5. The van der Waals surface area contributed by atoms with E-state index in [1.807, 2.05) is 9.80 Å². The van der Waals surface area contributed by atoms with Crippen molar-refractivity contribution in [3.63, 3.8) is 0 Å². The topological polar surface area (TPSA) is 71.8 Å². The second-order valence-electron chi connectivity index (χ2n) is 7.39. The fraction of sp³-hybridized carbons (Fsp3) is 0.632. The molecule has 142 valence electrons. The molecule has 2 fully saturated rings. The third kappa shape index (κ3) is 4.15. The molecular formula is C19H27N3O4. The van der Waals surface area contributed by atoms with Gasteiger partial charge in [-0.25, -0.2) is 0 Å². The summed E-state index contributed by atoms with van der Waals surface area (Å²) in [6, 6.07) is 4.89. The lowest BCUT2D eigenvalue weighted by Gasteiger charge is -2.48. The molecule has 26 heavy (non-hydrogen) atoms. The van der Waals surface area contributed by atoms with E-state index in [0.717, 1.165) is 19.3 Å². The van der Waals surface area contributed by atoms with Crippen LogP contribution in [0.5, 0.6) is 0 Å². The largest absolute Gasteiger partial charge is 0.383 e. The maximum atomic E-state index is 12.7. The molecule has 7 heteroatoms. The highest BCUT2D eigenvalue weighted by Gasteiger charge is 2.42. The molecule has 1 aromatic heterocycles. The van der Waals surface area contributed by atoms with Crippen LogP contribution < -0.4 is 5.56 Å². The summed E-state index contributed by atoms with van der Waals surface area (Å²) in [6.45, 7) is 3.26. The van der Waals surface area contributed by atoms with E-state index in [0.29, 0.717) is 39.2 Å². The van der Waals surface area contributed by atoms with Crippen LogP contribution in [0.2, 0.25) is 0 Å². The van der Waals surface area contributed by atoms with E-state index in [2.05, 4.69) is 0 Å². The predicted octanol–water partition coefficient (Wildman–Crippen LogP) is 0.726. The number of hydrogen-bond donors (Lipinski definition) is 0. The zero-order chi connectivity index (χ0) is 18.6. The molecule has 2 aliphatic rings. The first-order chi connectivity index (χ1) is 12.5. The SMILES string of the molecule is COCCN1C[C@@]2(CCCN(C(=O)Cn3ccccc3=O)C2)CCC1=O. The zero-order valence-corrected chi connectivity index (χ0v) is 15.4. The molecule has 7 nitrogen and oxygen atoms in total. The van der Waals surface area contributed by atoms with Crippen molar-refractivity contribution in [3.05, 3.63) is 34.7 Å². The highest BCUT2D eigenvalue weighted by atomic mass is 16.5. The molecule has 0 radical (unpaired) electrons.